The summed E-state index contributed by atoms with van der Waals surface area (Å²) in [5.74, 6) is -1.63. The molecule has 0 aliphatic heterocycles. The molecular weight excluding hydrogens is 260 g/mol. The van der Waals surface area contributed by atoms with Crippen LogP contribution in [0.2, 0.25) is 0 Å². The third-order valence-electron chi connectivity index (χ3n) is 2.85. The number of carbonyl (C=O) groups excluding carboxylic acids is 1. The Morgan fingerprint density at radius 1 is 1.45 bits per heavy atom. The van der Waals surface area contributed by atoms with E-state index in [9.17, 15) is 9.59 Å². The fourth-order valence-electron chi connectivity index (χ4n) is 1.77. The summed E-state index contributed by atoms with van der Waals surface area (Å²) in [7, 11) is 0. The van der Waals surface area contributed by atoms with Crippen molar-refractivity contribution >= 4 is 11.9 Å². The van der Waals surface area contributed by atoms with Crippen LogP contribution >= 0.6 is 0 Å². The molecular formula is C14H14N2O4. The van der Waals surface area contributed by atoms with E-state index in [4.69, 9.17) is 9.52 Å². The number of carboxylic acids is 1. The van der Waals surface area contributed by atoms with Gasteiger partial charge in [0.2, 0.25) is 0 Å². The van der Waals surface area contributed by atoms with Crippen molar-refractivity contribution in [3.63, 3.8) is 0 Å². The molecule has 1 amide bonds. The highest BCUT2D eigenvalue weighted by molar-refractivity contribution is 5.95. The molecule has 6 heteroatoms. The number of furan rings is 1. The van der Waals surface area contributed by atoms with Crippen LogP contribution in [0.4, 0.5) is 0 Å². The lowest BCUT2D eigenvalue weighted by Gasteiger charge is -2.06. The van der Waals surface area contributed by atoms with Crippen molar-refractivity contribution in [1.82, 2.24) is 10.3 Å². The van der Waals surface area contributed by atoms with E-state index in [2.05, 4.69) is 10.3 Å². The number of carbonyl (C=O) groups is 2. The van der Waals surface area contributed by atoms with Crippen LogP contribution in [0.25, 0.3) is 0 Å². The number of aryl methyl sites for hydroxylation is 1. The van der Waals surface area contributed by atoms with Crippen LogP contribution in [0.15, 0.2) is 35.1 Å². The highest BCUT2D eigenvalue weighted by Gasteiger charge is 2.14. The van der Waals surface area contributed by atoms with Crippen molar-refractivity contribution in [3.8, 4) is 0 Å². The lowest BCUT2D eigenvalue weighted by Crippen LogP contribution is -2.23. The van der Waals surface area contributed by atoms with E-state index < -0.39 is 11.9 Å². The first-order chi connectivity index (χ1) is 9.61. The zero-order chi connectivity index (χ0) is 14.5. The maximum atomic E-state index is 11.8. The van der Waals surface area contributed by atoms with Gasteiger partial charge in [0.05, 0.1) is 17.8 Å². The molecule has 0 bridgehead atoms. The highest BCUT2D eigenvalue weighted by atomic mass is 16.4. The number of aromatic nitrogens is 1. The average Bonchev–Trinajstić information content (AvgIpc) is 2.95. The normalized spacial score (nSPS) is 10.2. The van der Waals surface area contributed by atoms with Gasteiger partial charge in [-0.1, -0.05) is 13.0 Å². The van der Waals surface area contributed by atoms with Crippen molar-refractivity contribution in [2.75, 3.05) is 0 Å². The first-order valence-corrected chi connectivity index (χ1v) is 6.14. The second-order valence-electron chi connectivity index (χ2n) is 4.15. The standard InChI is InChI=1S/C14H14N2O4/c1-2-9-4-3-5-15-11(9)7-16-13(17)12-6-10(8-20-12)14(18)19/h3-6,8H,2,7H2,1H3,(H,16,17)(H,18,19). The van der Waals surface area contributed by atoms with Crippen molar-refractivity contribution in [2.45, 2.75) is 19.9 Å². The quantitative estimate of drug-likeness (QED) is 0.868. The first kappa shape index (κ1) is 13.8. The summed E-state index contributed by atoms with van der Waals surface area (Å²) in [6, 6.07) is 4.98. The maximum absolute atomic E-state index is 11.8. The molecule has 0 aromatic carbocycles. The Hall–Kier alpha value is -2.63. The van der Waals surface area contributed by atoms with E-state index >= 15 is 0 Å². The number of aromatic carboxylic acids is 1. The van der Waals surface area contributed by atoms with Crippen LogP contribution in [0.5, 0.6) is 0 Å². The van der Waals surface area contributed by atoms with Gasteiger partial charge in [0.1, 0.15) is 6.26 Å². The molecule has 0 unspecified atom stereocenters. The fourth-order valence-corrected chi connectivity index (χ4v) is 1.77. The smallest absolute Gasteiger partial charge is 0.338 e. The van der Waals surface area contributed by atoms with Gasteiger partial charge in [-0.25, -0.2) is 4.79 Å². The average molecular weight is 274 g/mol. The van der Waals surface area contributed by atoms with Gasteiger partial charge >= 0.3 is 5.97 Å². The summed E-state index contributed by atoms with van der Waals surface area (Å²) in [5.41, 5.74) is 1.79. The predicted octanol–water partition coefficient (Wildman–Crippen LogP) is 1.87. The van der Waals surface area contributed by atoms with Crippen molar-refractivity contribution < 1.29 is 19.1 Å². The predicted molar refractivity (Wildman–Crippen MR) is 70.5 cm³/mol. The first-order valence-electron chi connectivity index (χ1n) is 6.14. The summed E-state index contributed by atoms with van der Waals surface area (Å²) in [5, 5.41) is 11.4. The number of amides is 1. The highest BCUT2D eigenvalue weighted by Crippen LogP contribution is 2.09. The number of rotatable bonds is 5. The van der Waals surface area contributed by atoms with Gasteiger partial charge in [0, 0.05) is 12.3 Å². The van der Waals surface area contributed by atoms with Crippen molar-refractivity contribution in [2.24, 2.45) is 0 Å². The fraction of sp³-hybridized carbons (Fsp3) is 0.214. The molecule has 0 aliphatic carbocycles. The molecule has 0 saturated carbocycles. The van der Waals surface area contributed by atoms with Crippen LogP contribution in [0.1, 0.15) is 39.1 Å². The zero-order valence-electron chi connectivity index (χ0n) is 10.9. The number of nitrogens with one attached hydrogen (secondary N) is 1. The minimum Gasteiger partial charge on any atom is -0.478 e. The summed E-state index contributed by atoms with van der Waals surface area (Å²) in [6.07, 6.45) is 3.52. The van der Waals surface area contributed by atoms with E-state index in [0.717, 1.165) is 23.9 Å². The van der Waals surface area contributed by atoms with Gasteiger partial charge in [-0.2, -0.15) is 0 Å². The second kappa shape index (κ2) is 6.01. The Morgan fingerprint density at radius 2 is 2.25 bits per heavy atom. The Bertz CT molecular complexity index is 634. The Kier molecular flexibility index (Phi) is 4.14. The van der Waals surface area contributed by atoms with Crippen LogP contribution in [-0.2, 0) is 13.0 Å². The molecule has 2 aromatic heterocycles. The van der Waals surface area contributed by atoms with E-state index in [-0.39, 0.29) is 17.9 Å². The minimum absolute atomic E-state index is 0.0311. The van der Waals surface area contributed by atoms with E-state index in [1.54, 1.807) is 6.20 Å². The number of nitrogens with zero attached hydrogens (tertiary/aromatic N) is 1. The molecule has 6 nitrogen and oxygen atoms in total. The number of hydrogen-bond acceptors (Lipinski definition) is 4. The molecule has 2 heterocycles. The lowest BCUT2D eigenvalue weighted by molar-refractivity contribution is 0.0696. The molecule has 0 radical (unpaired) electrons. The van der Waals surface area contributed by atoms with Crippen LogP contribution in [-0.4, -0.2) is 22.0 Å². The molecule has 2 aromatic rings. The largest absolute Gasteiger partial charge is 0.478 e. The monoisotopic (exact) mass is 274 g/mol. The number of hydrogen-bond donors (Lipinski definition) is 2. The third-order valence-corrected chi connectivity index (χ3v) is 2.85. The van der Waals surface area contributed by atoms with Crippen LogP contribution in [0, 0.1) is 0 Å². The lowest BCUT2D eigenvalue weighted by atomic mass is 10.1. The van der Waals surface area contributed by atoms with Crippen molar-refractivity contribution in [1.29, 1.82) is 0 Å². The third kappa shape index (κ3) is 3.03. The molecule has 20 heavy (non-hydrogen) atoms. The van der Waals surface area contributed by atoms with Gasteiger partial charge in [0.15, 0.2) is 5.76 Å². The summed E-state index contributed by atoms with van der Waals surface area (Å²) in [6.45, 7) is 2.28. The Balaban J connectivity index is 2.03. The molecule has 104 valence electrons. The van der Waals surface area contributed by atoms with E-state index in [0.29, 0.717) is 0 Å². The topological polar surface area (TPSA) is 92.4 Å². The van der Waals surface area contributed by atoms with E-state index in [1.165, 1.54) is 6.07 Å². The van der Waals surface area contributed by atoms with Gasteiger partial charge in [-0.05, 0) is 18.1 Å². The van der Waals surface area contributed by atoms with Gasteiger partial charge < -0.3 is 14.8 Å². The Labute approximate surface area is 115 Å². The van der Waals surface area contributed by atoms with Gasteiger partial charge in [0.25, 0.3) is 5.91 Å². The van der Waals surface area contributed by atoms with Crippen LogP contribution in [0.3, 0.4) is 0 Å². The number of pyridine rings is 1. The maximum Gasteiger partial charge on any atom is 0.338 e. The molecule has 0 saturated heterocycles. The molecule has 0 fully saturated rings. The molecule has 2 N–H and O–H groups in total. The molecule has 0 aliphatic rings. The van der Waals surface area contributed by atoms with Crippen molar-refractivity contribution in [3.05, 3.63) is 53.2 Å². The second-order valence-corrected chi connectivity index (χ2v) is 4.15. The SMILES string of the molecule is CCc1cccnc1CNC(=O)c1cc(C(=O)O)co1. The van der Waals surface area contributed by atoms with E-state index in [1.807, 2.05) is 19.1 Å². The Morgan fingerprint density at radius 3 is 2.90 bits per heavy atom. The molecule has 0 spiro atoms. The summed E-state index contributed by atoms with van der Waals surface area (Å²) < 4.78 is 4.92. The zero-order valence-corrected chi connectivity index (χ0v) is 10.9. The van der Waals surface area contributed by atoms with Crippen LogP contribution < -0.4 is 5.32 Å². The molecule has 2 rings (SSSR count). The summed E-state index contributed by atoms with van der Waals surface area (Å²) >= 11 is 0. The van der Waals surface area contributed by atoms with Gasteiger partial charge in [-0.3, -0.25) is 9.78 Å². The summed E-state index contributed by atoms with van der Waals surface area (Å²) in [4.78, 5) is 26.7. The van der Waals surface area contributed by atoms with Gasteiger partial charge in [-0.15, -0.1) is 0 Å². The number of carboxylic acid groups (broad SMARTS) is 1. The minimum atomic E-state index is -1.13. The molecule has 0 atom stereocenters.